The molecule has 0 aliphatic carbocycles. The third kappa shape index (κ3) is 4.05. The molecule has 0 fully saturated rings. The maximum atomic E-state index is 2.49. The summed E-state index contributed by atoms with van der Waals surface area (Å²) in [6, 6.07) is 18.9. The Kier molecular flexibility index (Phi) is 5.69. The van der Waals surface area contributed by atoms with Gasteiger partial charge in [0.25, 0.3) is 0 Å². The summed E-state index contributed by atoms with van der Waals surface area (Å²) in [7, 11) is 2.22. The SMILES string of the molecule is Cc1ccc2cc3c4c([n+](C)ccc4c2c1)-c1c(c(CC(C)C)c2ccc(CC(C)(C)C)cc2c1C)S3. The lowest BCUT2D eigenvalue weighted by Crippen LogP contribution is -2.32. The smallest absolute Gasteiger partial charge is 0.200 e. The van der Waals surface area contributed by atoms with Crippen molar-refractivity contribution in [2.75, 3.05) is 0 Å². The molecule has 0 radical (unpaired) electrons. The Morgan fingerprint density at radius 2 is 1.65 bits per heavy atom. The van der Waals surface area contributed by atoms with Gasteiger partial charge in [0, 0.05) is 21.2 Å². The van der Waals surface area contributed by atoms with E-state index in [1.165, 1.54) is 75.6 Å². The standard InChI is InChI=1S/C35H38NS/c1-20(2)15-29-25-12-10-23(19-35(5,6)7)17-27(25)22(4)31-33-32-26(13-14-36(33)8)28-16-21(3)9-11-24(28)18-30(32)37-34(29)31/h9-14,16-18,20H,15,19H2,1-8H3/q+1. The minimum atomic E-state index is 0.266. The monoisotopic (exact) mass is 504 g/mol. The molecule has 188 valence electrons. The van der Waals surface area contributed by atoms with Gasteiger partial charge in [-0.1, -0.05) is 88.3 Å². The van der Waals surface area contributed by atoms with Crippen LogP contribution < -0.4 is 4.57 Å². The molecule has 0 saturated carbocycles. The molecule has 0 amide bonds. The van der Waals surface area contributed by atoms with Crippen molar-refractivity contribution in [3.63, 3.8) is 0 Å². The zero-order chi connectivity index (χ0) is 26.2. The van der Waals surface area contributed by atoms with Gasteiger partial charge in [-0.2, -0.15) is 0 Å². The van der Waals surface area contributed by atoms with Crippen molar-refractivity contribution >= 4 is 44.1 Å². The minimum absolute atomic E-state index is 0.266. The van der Waals surface area contributed by atoms with E-state index in [4.69, 9.17) is 0 Å². The number of fused-ring (bicyclic) bond motifs is 5. The number of aryl methyl sites for hydroxylation is 3. The molecule has 0 atom stereocenters. The molecule has 1 aromatic heterocycles. The van der Waals surface area contributed by atoms with Crippen LogP contribution in [-0.2, 0) is 19.9 Å². The zero-order valence-electron chi connectivity index (χ0n) is 23.5. The van der Waals surface area contributed by atoms with Crippen LogP contribution in [0.25, 0.3) is 43.6 Å². The second kappa shape index (κ2) is 8.60. The molecule has 2 heterocycles. The number of rotatable bonds is 3. The quantitative estimate of drug-likeness (QED) is 0.171. The normalized spacial score (nSPS) is 13.2. The molecule has 0 unspecified atom stereocenters. The van der Waals surface area contributed by atoms with Gasteiger partial charge in [-0.15, -0.1) is 0 Å². The van der Waals surface area contributed by atoms with E-state index in [2.05, 4.69) is 115 Å². The summed E-state index contributed by atoms with van der Waals surface area (Å²) in [6.07, 6.45) is 4.45. The van der Waals surface area contributed by atoms with Crippen molar-refractivity contribution in [3.05, 3.63) is 77.0 Å². The van der Waals surface area contributed by atoms with Gasteiger partial charge in [0.2, 0.25) is 5.69 Å². The highest BCUT2D eigenvalue weighted by Crippen LogP contribution is 2.53. The Balaban J connectivity index is 1.75. The summed E-state index contributed by atoms with van der Waals surface area (Å²) < 4.78 is 2.36. The molecular weight excluding hydrogens is 466 g/mol. The van der Waals surface area contributed by atoms with Crippen molar-refractivity contribution in [3.8, 4) is 11.3 Å². The van der Waals surface area contributed by atoms with Gasteiger partial charge in [-0.3, -0.25) is 0 Å². The van der Waals surface area contributed by atoms with Crippen molar-refractivity contribution in [2.24, 2.45) is 18.4 Å². The van der Waals surface area contributed by atoms with E-state index in [0.29, 0.717) is 5.92 Å². The molecule has 2 heteroatoms. The van der Waals surface area contributed by atoms with Crippen LogP contribution in [0.1, 0.15) is 56.9 Å². The first-order valence-electron chi connectivity index (χ1n) is 13.6. The Morgan fingerprint density at radius 3 is 2.38 bits per heavy atom. The van der Waals surface area contributed by atoms with Crippen LogP contribution in [0.4, 0.5) is 0 Å². The highest BCUT2D eigenvalue weighted by molar-refractivity contribution is 8.00. The highest BCUT2D eigenvalue weighted by Gasteiger charge is 2.32. The van der Waals surface area contributed by atoms with Gasteiger partial charge < -0.3 is 0 Å². The summed E-state index contributed by atoms with van der Waals surface area (Å²) in [5.41, 5.74) is 8.76. The molecule has 1 aliphatic rings. The maximum Gasteiger partial charge on any atom is 0.222 e. The van der Waals surface area contributed by atoms with Gasteiger partial charge in [0.05, 0.1) is 10.9 Å². The summed E-state index contributed by atoms with van der Waals surface area (Å²) in [6.45, 7) is 16.3. The van der Waals surface area contributed by atoms with E-state index in [-0.39, 0.29) is 5.41 Å². The lowest BCUT2D eigenvalue weighted by molar-refractivity contribution is -0.659. The molecule has 1 aliphatic heterocycles. The highest BCUT2D eigenvalue weighted by atomic mass is 32.2. The Hall–Kier alpha value is -2.84. The number of aromatic nitrogens is 1. The van der Waals surface area contributed by atoms with Crippen LogP contribution in [0.5, 0.6) is 0 Å². The van der Waals surface area contributed by atoms with E-state index in [1.54, 1.807) is 0 Å². The second-order valence-electron chi connectivity index (χ2n) is 12.8. The Labute approximate surface area is 225 Å². The van der Waals surface area contributed by atoms with Crippen LogP contribution in [0.2, 0.25) is 0 Å². The molecule has 0 N–H and O–H groups in total. The van der Waals surface area contributed by atoms with Crippen molar-refractivity contribution in [1.82, 2.24) is 0 Å². The Bertz CT molecular complexity index is 1730. The first-order chi connectivity index (χ1) is 17.5. The number of nitrogens with zero attached hydrogens (tertiary/aromatic N) is 1. The fourth-order valence-electron chi connectivity index (χ4n) is 6.33. The summed E-state index contributed by atoms with van der Waals surface area (Å²) in [4.78, 5) is 2.85. The van der Waals surface area contributed by atoms with Crippen LogP contribution >= 0.6 is 11.8 Å². The van der Waals surface area contributed by atoms with E-state index in [1.807, 2.05) is 11.8 Å². The second-order valence-corrected chi connectivity index (χ2v) is 13.8. The molecule has 0 spiro atoms. The number of pyridine rings is 1. The molecule has 5 aromatic rings. The van der Waals surface area contributed by atoms with E-state index in [9.17, 15) is 0 Å². The average Bonchev–Trinajstić information content (AvgIpc) is 2.82. The van der Waals surface area contributed by atoms with Gasteiger partial charge in [0.1, 0.15) is 7.05 Å². The zero-order valence-corrected chi connectivity index (χ0v) is 24.4. The maximum absolute atomic E-state index is 2.49. The largest absolute Gasteiger partial charge is 0.222 e. The number of hydrogen-bond acceptors (Lipinski definition) is 1. The number of benzene rings is 4. The molecule has 6 rings (SSSR count). The van der Waals surface area contributed by atoms with Crippen molar-refractivity contribution in [2.45, 2.75) is 71.1 Å². The topological polar surface area (TPSA) is 3.88 Å². The van der Waals surface area contributed by atoms with Crippen molar-refractivity contribution in [1.29, 1.82) is 0 Å². The van der Waals surface area contributed by atoms with Gasteiger partial charge in [0.15, 0.2) is 6.20 Å². The Morgan fingerprint density at radius 1 is 0.865 bits per heavy atom. The van der Waals surface area contributed by atoms with Gasteiger partial charge >= 0.3 is 0 Å². The average molecular weight is 505 g/mol. The van der Waals surface area contributed by atoms with E-state index in [0.717, 1.165) is 12.8 Å². The third-order valence-corrected chi connectivity index (χ3v) is 9.04. The molecule has 1 nitrogen and oxygen atoms in total. The molecule has 37 heavy (non-hydrogen) atoms. The third-order valence-electron chi connectivity index (χ3n) is 7.84. The first kappa shape index (κ1) is 24.5. The summed E-state index contributed by atoms with van der Waals surface area (Å²) in [5, 5.41) is 8.33. The number of hydrogen-bond donors (Lipinski definition) is 0. The van der Waals surface area contributed by atoms with E-state index >= 15 is 0 Å². The van der Waals surface area contributed by atoms with Gasteiger partial charge in [-0.05, 0) is 82.3 Å². The van der Waals surface area contributed by atoms with Crippen LogP contribution in [0.3, 0.4) is 0 Å². The minimum Gasteiger partial charge on any atom is -0.200 e. The molecule has 0 bridgehead atoms. The van der Waals surface area contributed by atoms with Crippen LogP contribution in [-0.4, -0.2) is 0 Å². The lowest BCUT2D eigenvalue weighted by Gasteiger charge is -2.26. The lowest BCUT2D eigenvalue weighted by atomic mass is 9.84. The molecule has 0 saturated heterocycles. The fraction of sp³-hybridized carbons (Fsp3) is 0.343. The summed E-state index contributed by atoms with van der Waals surface area (Å²) in [5.74, 6) is 0.593. The predicted octanol–water partition coefficient (Wildman–Crippen LogP) is 9.51. The van der Waals surface area contributed by atoms with Crippen LogP contribution in [0, 0.1) is 25.2 Å². The predicted molar refractivity (Wildman–Crippen MR) is 161 cm³/mol. The first-order valence-corrected chi connectivity index (χ1v) is 14.5. The molecule has 4 aromatic carbocycles. The summed E-state index contributed by atoms with van der Waals surface area (Å²) >= 11 is 2.00. The van der Waals surface area contributed by atoms with Crippen LogP contribution in [0.15, 0.2) is 64.5 Å². The van der Waals surface area contributed by atoms with E-state index < -0.39 is 0 Å². The van der Waals surface area contributed by atoms with Crippen molar-refractivity contribution < 1.29 is 4.57 Å². The molecular formula is C35H38NS+. The van der Waals surface area contributed by atoms with Gasteiger partial charge in [-0.25, -0.2) is 4.57 Å². The fourth-order valence-corrected chi connectivity index (χ4v) is 7.71.